The number of nitrogens with zero attached hydrogens (tertiary/aromatic N) is 2. The average Bonchev–Trinajstić information content (AvgIpc) is 3.02. The van der Waals surface area contributed by atoms with E-state index in [-0.39, 0.29) is 5.41 Å². The van der Waals surface area contributed by atoms with E-state index >= 15 is 0 Å². The van der Waals surface area contributed by atoms with Crippen LogP contribution in [0.25, 0.3) is 0 Å². The van der Waals surface area contributed by atoms with E-state index in [9.17, 15) is 5.11 Å². The van der Waals surface area contributed by atoms with Crippen molar-refractivity contribution in [3.8, 4) is 0 Å². The molecule has 1 saturated carbocycles. The molecule has 0 spiro atoms. The molecule has 0 amide bonds. The van der Waals surface area contributed by atoms with Gasteiger partial charge in [-0.15, -0.1) is 0 Å². The van der Waals surface area contributed by atoms with Crippen molar-refractivity contribution in [3.05, 3.63) is 18.0 Å². The molecule has 1 aliphatic carbocycles. The summed E-state index contributed by atoms with van der Waals surface area (Å²) in [6, 6.07) is 2.65. The Kier molecular flexibility index (Phi) is 4.44. The maximum atomic E-state index is 9.65. The zero-order chi connectivity index (χ0) is 13.0. The molecule has 0 aliphatic heterocycles. The van der Waals surface area contributed by atoms with E-state index in [0.29, 0.717) is 12.6 Å². The highest BCUT2D eigenvalue weighted by molar-refractivity contribution is 5.05. The Hall–Kier alpha value is -0.830. The van der Waals surface area contributed by atoms with Crippen molar-refractivity contribution in [2.24, 2.45) is 5.41 Å². The zero-order valence-corrected chi connectivity index (χ0v) is 11.7. The first kappa shape index (κ1) is 13.6. The Bertz CT molecular complexity index is 362. The molecule has 0 saturated heterocycles. The van der Waals surface area contributed by atoms with Gasteiger partial charge in [-0.25, -0.2) is 0 Å². The third-order valence-electron chi connectivity index (χ3n) is 4.54. The van der Waals surface area contributed by atoms with Gasteiger partial charge in [0.25, 0.3) is 0 Å². The molecule has 0 unspecified atom stereocenters. The van der Waals surface area contributed by atoms with Crippen molar-refractivity contribution in [1.29, 1.82) is 0 Å². The van der Waals surface area contributed by atoms with Crippen molar-refractivity contribution in [1.82, 2.24) is 9.78 Å². The minimum absolute atomic E-state index is 0.118. The summed E-state index contributed by atoms with van der Waals surface area (Å²) in [6.07, 6.45) is 10.1. The van der Waals surface area contributed by atoms with E-state index in [1.165, 1.54) is 12.8 Å². The normalized spacial score (nSPS) is 18.7. The van der Waals surface area contributed by atoms with Crippen LogP contribution < -0.4 is 0 Å². The van der Waals surface area contributed by atoms with Gasteiger partial charge in [0.05, 0.1) is 11.7 Å². The Labute approximate surface area is 110 Å². The molecule has 1 aromatic rings. The second-order valence-electron chi connectivity index (χ2n) is 5.80. The van der Waals surface area contributed by atoms with Crippen LogP contribution >= 0.6 is 0 Å². The van der Waals surface area contributed by atoms with Gasteiger partial charge < -0.3 is 5.11 Å². The maximum absolute atomic E-state index is 9.65. The lowest BCUT2D eigenvalue weighted by Crippen LogP contribution is -2.24. The molecule has 1 N–H and O–H groups in total. The van der Waals surface area contributed by atoms with Crippen molar-refractivity contribution in [2.75, 3.05) is 6.61 Å². The summed E-state index contributed by atoms with van der Waals surface area (Å²) in [5.74, 6) is 0. The maximum Gasteiger partial charge on any atom is 0.0631 e. The molecule has 2 rings (SSSR count). The lowest BCUT2D eigenvalue weighted by Gasteiger charge is -2.25. The minimum Gasteiger partial charge on any atom is -0.396 e. The van der Waals surface area contributed by atoms with E-state index in [1.54, 1.807) is 0 Å². The Morgan fingerprint density at radius 2 is 2.00 bits per heavy atom. The van der Waals surface area contributed by atoms with Crippen molar-refractivity contribution < 1.29 is 5.11 Å². The van der Waals surface area contributed by atoms with Crippen LogP contribution in [0.15, 0.2) is 12.3 Å². The minimum atomic E-state index is 0.118. The fourth-order valence-corrected chi connectivity index (χ4v) is 3.24. The van der Waals surface area contributed by atoms with Crippen LogP contribution in [0.3, 0.4) is 0 Å². The van der Waals surface area contributed by atoms with Crippen LogP contribution in [0, 0.1) is 5.41 Å². The van der Waals surface area contributed by atoms with E-state index < -0.39 is 0 Å². The molecule has 0 atom stereocenters. The van der Waals surface area contributed by atoms with Gasteiger partial charge in [-0.05, 0) is 43.6 Å². The second-order valence-corrected chi connectivity index (χ2v) is 5.80. The molecule has 0 bridgehead atoms. The van der Waals surface area contributed by atoms with Crippen molar-refractivity contribution in [3.63, 3.8) is 0 Å². The molecule has 1 heterocycles. The van der Waals surface area contributed by atoms with Gasteiger partial charge in [0.1, 0.15) is 0 Å². The second kappa shape index (κ2) is 5.87. The van der Waals surface area contributed by atoms with Gasteiger partial charge in [0.15, 0.2) is 0 Å². The highest BCUT2D eigenvalue weighted by atomic mass is 16.3. The SMILES string of the molecule is CCC(CC)n1ccc(CC2(CO)CCCC2)n1. The van der Waals surface area contributed by atoms with E-state index in [1.807, 2.05) is 0 Å². The summed E-state index contributed by atoms with van der Waals surface area (Å²) in [6.45, 7) is 4.73. The molecule has 0 radical (unpaired) electrons. The fourth-order valence-electron chi connectivity index (χ4n) is 3.24. The lowest BCUT2D eigenvalue weighted by atomic mass is 9.82. The predicted octanol–water partition coefficient (Wildman–Crippen LogP) is 3.34. The van der Waals surface area contributed by atoms with Crippen LogP contribution in [0.1, 0.15) is 64.1 Å². The molecule has 0 aromatic carbocycles. The highest BCUT2D eigenvalue weighted by Gasteiger charge is 2.34. The smallest absolute Gasteiger partial charge is 0.0631 e. The third kappa shape index (κ3) is 2.77. The number of hydrogen-bond acceptors (Lipinski definition) is 2. The van der Waals surface area contributed by atoms with Crippen molar-refractivity contribution >= 4 is 0 Å². The van der Waals surface area contributed by atoms with E-state index in [0.717, 1.165) is 37.8 Å². The number of aliphatic hydroxyl groups is 1. The Morgan fingerprint density at radius 3 is 2.56 bits per heavy atom. The van der Waals surface area contributed by atoms with Crippen LogP contribution in [0.4, 0.5) is 0 Å². The largest absolute Gasteiger partial charge is 0.396 e. The van der Waals surface area contributed by atoms with Gasteiger partial charge in [0.2, 0.25) is 0 Å². The number of hydrogen-bond donors (Lipinski definition) is 1. The van der Waals surface area contributed by atoms with Gasteiger partial charge >= 0.3 is 0 Å². The van der Waals surface area contributed by atoms with Gasteiger partial charge in [-0.2, -0.15) is 5.10 Å². The quantitative estimate of drug-likeness (QED) is 0.841. The molecule has 1 fully saturated rings. The lowest BCUT2D eigenvalue weighted by molar-refractivity contribution is 0.129. The van der Waals surface area contributed by atoms with Gasteiger partial charge in [0, 0.05) is 12.8 Å². The average molecular weight is 250 g/mol. The number of aliphatic hydroxyl groups excluding tert-OH is 1. The number of rotatable bonds is 6. The molecule has 3 heteroatoms. The first-order valence-corrected chi connectivity index (χ1v) is 7.38. The zero-order valence-electron chi connectivity index (χ0n) is 11.7. The predicted molar refractivity (Wildman–Crippen MR) is 73.5 cm³/mol. The van der Waals surface area contributed by atoms with Gasteiger partial charge in [-0.3, -0.25) is 4.68 Å². The van der Waals surface area contributed by atoms with E-state index in [2.05, 4.69) is 30.8 Å². The molecule has 3 nitrogen and oxygen atoms in total. The van der Waals surface area contributed by atoms with Gasteiger partial charge in [-0.1, -0.05) is 26.7 Å². The van der Waals surface area contributed by atoms with Crippen LogP contribution in [-0.4, -0.2) is 21.5 Å². The fraction of sp³-hybridized carbons (Fsp3) is 0.800. The summed E-state index contributed by atoms with van der Waals surface area (Å²) in [4.78, 5) is 0. The summed E-state index contributed by atoms with van der Waals surface area (Å²) in [5.41, 5.74) is 1.27. The molecular weight excluding hydrogens is 224 g/mol. The standard InChI is InChI=1S/C15H26N2O/c1-3-14(4-2)17-10-7-13(16-17)11-15(12-18)8-5-6-9-15/h7,10,14,18H,3-6,8-9,11-12H2,1-2H3. The topological polar surface area (TPSA) is 38.0 Å². The first-order valence-electron chi connectivity index (χ1n) is 7.38. The molecule has 102 valence electrons. The third-order valence-corrected chi connectivity index (χ3v) is 4.54. The summed E-state index contributed by atoms with van der Waals surface area (Å²) in [5, 5.41) is 14.4. The number of aromatic nitrogens is 2. The molecular formula is C15H26N2O. The molecule has 1 aromatic heterocycles. The molecule has 18 heavy (non-hydrogen) atoms. The monoisotopic (exact) mass is 250 g/mol. The molecule has 1 aliphatic rings. The Morgan fingerprint density at radius 1 is 1.33 bits per heavy atom. The Balaban J connectivity index is 2.06. The first-order chi connectivity index (χ1) is 8.73. The highest BCUT2D eigenvalue weighted by Crippen LogP contribution is 2.40. The summed E-state index contributed by atoms with van der Waals surface area (Å²) >= 11 is 0. The van der Waals surface area contributed by atoms with E-state index in [4.69, 9.17) is 5.10 Å². The van der Waals surface area contributed by atoms with Crippen LogP contribution in [0.2, 0.25) is 0 Å². The summed E-state index contributed by atoms with van der Waals surface area (Å²) < 4.78 is 2.11. The summed E-state index contributed by atoms with van der Waals surface area (Å²) in [7, 11) is 0. The van der Waals surface area contributed by atoms with Crippen molar-refractivity contribution in [2.45, 2.75) is 64.8 Å². The van der Waals surface area contributed by atoms with Crippen LogP contribution in [-0.2, 0) is 6.42 Å². The van der Waals surface area contributed by atoms with Crippen LogP contribution in [0.5, 0.6) is 0 Å².